The molecule has 3 aromatic rings. The largest absolute Gasteiger partial charge is 0.466 e. The summed E-state index contributed by atoms with van der Waals surface area (Å²) in [7, 11) is 0. The number of hydrogen-bond acceptors (Lipinski definition) is 6. The second-order valence-corrected chi connectivity index (χ2v) is 10.1. The number of ether oxygens (including phenoxy) is 1. The second kappa shape index (κ2) is 12.4. The molecule has 0 radical (unpaired) electrons. The van der Waals surface area contributed by atoms with Gasteiger partial charge in [0, 0.05) is 39.3 Å². The van der Waals surface area contributed by atoms with E-state index in [9.17, 15) is 9.59 Å². The Labute approximate surface area is 225 Å². The van der Waals surface area contributed by atoms with E-state index >= 15 is 0 Å². The molecule has 5 rings (SSSR count). The quantitative estimate of drug-likeness (QED) is 0.409. The molecule has 1 unspecified atom stereocenters. The lowest BCUT2D eigenvalue weighted by atomic mass is 9.96. The van der Waals surface area contributed by atoms with Crippen LogP contribution in [0.1, 0.15) is 53.2 Å². The van der Waals surface area contributed by atoms with Gasteiger partial charge in [-0.3, -0.25) is 19.4 Å². The molecule has 7 nitrogen and oxygen atoms in total. The van der Waals surface area contributed by atoms with E-state index in [1.165, 1.54) is 11.1 Å². The number of hydrogen-bond donors (Lipinski definition) is 0. The van der Waals surface area contributed by atoms with Gasteiger partial charge in [-0.1, -0.05) is 60.7 Å². The topological polar surface area (TPSA) is 66.2 Å². The third kappa shape index (κ3) is 6.17. The third-order valence-corrected chi connectivity index (χ3v) is 7.58. The molecule has 1 aromatic heterocycles. The highest BCUT2D eigenvalue weighted by Crippen LogP contribution is 2.30. The summed E-state index contributed by atoms with van der Waals surface area (Å²) >= 11 is 0. The van der Waals surface area contributed by atoms with Gasteiger partial charge >= 0.3 is 5.97 Å². The number of carbonyl (C=O) groups excluding carboxylic acids is 2. The molecule has 2 fully saturated rings. The van der Waals surface area contributed by atoms with Gasteiger partial charge in [0.15, 0.2) is 5.76 Å². The molecular formula is C31H37N3O4. The standard InChI is InChI=1S/C31H37N3O4/c1-2-37-31(36)26-14-9-17-34(22-26)30(35)28-16-15-27(38-28)23-32-18-20-33(21-19-32)29(24-10-5-3-6-11-24)25-12-7-4-8-13-25/h3-8,10-13,15-16,26,29H,2,9,14,17-23H2,1H3. The molecule has 1 amide bonds. The smallest absolute Gasteiger partial charge is 0.310 e. The molecule has 2 saturated heterocycles. The van der Waals surface area contributed by atoms with Crippen molar-refractivity contribution in [1.82, 2.24) is 14.7 Å². The number of nitrogens with zero attached hydrogens (tertiary/aromatic N) is 3. The predicted octanol–water partition coefficient (Wildman–Crippen LogP) is 4.60. The fourth-order valence-corrected chi connectivity index (χ4v) is 5.63. The van der Waals surface area contributed by atoms with Gasteiger partial charge in [-0.05, 0) is 43.0 Å². The number of piperazine rings is 1. The summed E-state index contributed by atoms with van der Waals surface area (Å²) in [6.07, 6.45) is 1.55. The fourth-order valence-electron chi connectivity index (χ4n) is 5.63. The minimum absolute atomic E-state index is 0.149. The summed E-state index contributed by atoms with van der Waals surface area (Å²) in [5.41, 5.74) is 2.62. The first kappa shape index (κ1) is 26.2. The number of piperidine rings is 1. The Hall–Kier alpha value is -3.42. The first-order valence-electron chi connectivity index (χ1n) is 13.7. The average molecular weight is 516 g/mol. The van der Waals surface area contributed by atoms with Crippen LogP contribution in [0, 0.1) is 5.92 Å². The molecule has 0 spiro atoms. The Morgan fingerprint density at radius 1 is 0.895 bits per heavy atom. The van der Waals surface area contributed by atoms with Crippen LogP contribution in [0.15, 0.2) is 77.2 Å². The molecule has 1 atom stereocenters. The van der Waals surface area contributed by atoms with E-state index in [0.717, 1.165) is 44.8 Å². The number of carbonyl (C=O) groups is 2. The van der Waals surface area contributed by atoms with Crippen molar-refractivity contribution >= 4 is 11.9 Å². The normalized spacial score (nSPS) is 19.0. The van der Waals surface area contributed by atoms with E-state index < -0.39 is 0 Å². The minimum atomic E-state index is -0.256. The van der Waals surface area contributed by atoms with E-state index in [0.29, 0.717) is 32.0 Å². The number of amides is 1. The maximum atomic E-state index is 13.1. The van der Waals surface area contributed by atoms with E-state index in [4.69, 9.17) is 9.15 Å². The molecule has 2 aliphatic rings. The highest BCUT2D eigenvalue weighted by atomic mass is 16.5. The molecule has 3 heterocycles. The van der Waals surface area contributed by atoms with Crippen LogP contribution in [0.25, 0.3) is 0 Å². The summed E-state index contributed by atoms with van der Waals surface area (Å²) in [5.74, 6) is 0.517. The first-order valence-corrected chi connectivity index (χ1v) is 13.7. The summed E-state index contributed by atoms with van der Waals surface area (Å²) in [6, 6.07) is 25.3. The van der Waals surface area contributed by atoms with Gasteiger partial charge in [-0.25, -0.2) is 0 Å². The second-order valence-electron chi connectivity index (χ2n) is 10.1. The summed E-state index contributed by atoms with van der Waals surface area (Å²) in [6.45, 7) is 7.61. The molecule has 200 valence electrons. The summed E-state index contributed by atoms with van der Waals surface area (Å²) in [4.78, 5) is 31.9. The van der Waals surface area contributed by atoms with Gasteiger partial charge in [-0.2, -0.15) is 0 Å². The lowest BCUT2D eigenvalue weighted by molar-refractivity contribution is -0.149. The number of likely N-dealkylation sites (tertiary alicyclic amines) is 1. The SMILES string of the molecule is CCOC(=O)C1CCCN(C(=O)c2ccc(CN3CCN(C(c4ccccc4)c4ccccc4)CC3)o2)C1. The maximum Gasteiger partial charge on any atom is 0.310 e. The van der Waals surface area contributed by atoms with Crippen molar-refractivity contribution in [2.45, 2.75) is 32.4 Å². The molecule has 38 heavy (non-hydrogen) atoms. The van der Waals surface area contributed by atoms with Crippen molar-refractivity contribution in [3.05, 3.63) is 95.4 Å². The molecule has 0 bridgehead atoms. The van der Waals surface area contributed by atoms with Gasteiger partial charge in [0.25, 0.3) is 5.91 Å². The Kier molecular flexibility index (Phi) is 8.56. The van der Waals surface area contributed by atoms with E-state index in [2.05, 4.69) is 70.5 Å². The molecule has 0 aliphatic carbocycles. The van der Waals surface area contributed by atoms with E-state index in [1.54, 1.807) is 17.9 Å². The number of furan rings is 1. The van der Waals surface area contributed by atoms with Crippen LogP contribution in [0.3, 0.4) is 0 Å². The van der Waals surface area contributed by atoms with Gasteiger partial charge < -0.3 is 14.1 Å². The van der Waals surface area contributed by atoms with Gasteiger partial charge in [0.1, 0.15) is 5.76 Å². The van der Waals surface area contributed by atoms with E-state index in [1.807, 2.05) is 6.07 Å². The maximum absolute atomic E-state index is 13.1. The lowest BCUT2D eigenvalue weighted by Gasteiger charge is -2.39. The molecule has 0 N–H and O–H groups in total. The molecular weight excluding hydrogens is 478 g/mol. The monoisotopic (exact) mass is 515 g/mol. The van der Waals surface area contributed by atoms with Crippen molar-refractivity contribution in [3.8, 4) is 0 Å². The zero-order chi connectivity index (χ0) is 26.3. The fraction of sp³-hybridized carbons (Fsp3) is 0.419. The van der Waals surface area contributed by atoms with Crippen molar-refractivity contribution < 1.29 is 18.7 Å². The Bertz CT molecular complexity index is 1150. The van der Waals surface area contributed by atoms with Crippen molar-refractivity contribution in [2.75, 3.05) is 45.9 Å². The van der Waals surface area contributed by atoms with Crippen molar-refractivity contribution in [1.29, 1.82) is 0 Å². The summed E-state index contributed by atoms with van der Waals surface area (Å²) in [5, 5.41) is 0. The van der Waals surface area contributed by atoms with Crippen molar-refractivity contribution in [2.24, 2.45) is 5.92 Å². The van der Waals surface area contributed by atoms with Gasteiger partial charge in [-0.15, -0.1) is 0 Å². The van der Waals surface area contributed by atoms with Crippen LogP contribution in [0.5, 0.6) is 0 Å². The number of benzene rings is 2. The zero-order valence-electron chi connectivity index (χ0n) is 22.1. The van der Waals surface area contributed by atoms with Crippen LogP contribution < -0.4 is 0 Å². The number of esters is 1. The van der Waals surface area contributed by atoms with Crippen LogP contribution in [-0.4, -0.2) is 72.5 Å². The molecule has 2 aliphatic heterocycles. The third-order valence-electron chi connectivity index (χ3n) is 7.58. The predicted molar refractivity (Wildman–Crippen MR) is 146 cm³/mol. The van der Waals surface area contributed by atoms with Crippen LogP contribution >= 0.6 is 0 Å². The van der Waals surface area contributed by atoms with Crippen LogP contribution in [-0.2, 0) is 16.1 Å². The van der Waals surface area contributed by atoms with Gasteiger partial charge in [0.2, 0.25) is 0 Å². The lowest BCUT2D eigenvalue weighted by Crippen LogP contribution is -2.47. The highest BCUT2D eigenvalue weighted by Gasteiger charge is 2.31. The highest BCUT2D eigenvalue weighted by molar-refractivity contribution is 5.92. The molecule has 0 saturated carbocycles. The van der Waals surface area contributed by atoms with Crippen LogP contribution in [0.4, 0.5) is 0 Å². The first-order chi connectivity index (χ1) is 18.6. The number of rotatable bonds is 8. The Morgan fingerprint density at radius 3 is 2.18 bits per heavy atom. The van der Waals surface area contributed by atoms with Crippen LogP contribution in [0.2, 0.25) is 0 Å². The molecule has 2 aromatic carbocycles. The van der Waals surface area contributed by atoms with E-state index in [-0.39, 0.29) is 23.8 Å². The Balaban J connectivity index is 1.18. The average Bonchev–Trinajstić information content (AvgIpc) is 3.43. The minimum Gasteiger partial charge on any atom is -0.466 e. The molecule has 7 heteroatoms. The van der Waals surface area contributed by atoms with Crippen molar-refractivity contribution in [3.63, 3.8) is 0 Å². The summed E-state index contributed by atoms with van der Waals surface area (Å²) < 4.78 is 11.2. The zero-order valence-corrected chi connectivity index (χ0v) is 22.1. The van der Waals surface area contributed by atoms with Gasteiger partial charge in [0.05, 0.1) is 25.1 Å². The Morgan fingerprint density at radius 2 is 1.55 bits per heavy atom.